The minimum Gasteiger partial charge on any atom is -0.399 e. The molecule has 4 N–H and O–H groups in total. The number of aryl methyl sites for hydroxylation is 6. The molecule has 0 saturated heterocycles. The van der Waals surface area contributed by atoms with E-state index in [-0.39, 0.29) is 0 Å². The molecule has 0 heterocycles. The van der Waals surface area contributed by atoms with Crippen LogP contribution in [-0.4, -0.2) is 0 Å². The molecule has 0 atom stereocenters. The van der Waals surface area contributed by atoms with Crippen LogP contribution in [0.4, 0.5) is 11.4 Å². The minimum atomic E-state index is 0.865. The Morgan fingerprint density at radius 2 is 0.529 bits per heavy atom. The van der Waals surface area contributed by atoms with Crippen LogP contribution in [0.1, 0.15) is 165 Å². The van der Waals surface area contributed by atoms with Crippen molar-refractivity contribution in [3.8, 4) is 0 Å². The third-order valence-electron chi connectivity index (χ3n) is 11.2. The normalized spacial score (nSPS) is 11.4. The lowest BCUT2D eigenvalue weighted by molar-refractivity contribution is 0.525. The molecule has 0 radical (unpaired) electrons. The predicted octanol–water partition coefficient (Wildman–Crippen LogP) is 13.7. The number of unbranched alkanes of at least 4 members (excludes halogenated alkanes) is 16. The van der Waals surface area contributed by atoms with Gasteiger partial charge in [0.2, 0.25) is 0 Å². The van der Waals surface area contributed by atoms with E-state index in [2.05, 4.69) is 100 Å². The van der Waals surface area contributed by atoms with Crippen molar-refractivity contribution in [3.63, 3.8) is 0 Å². The van der Waals surface area contributed by atoms with Crippen LogP contribution in [-0.2, 0) is 25.7 Å². The molecule has 0 aliphatic carbocycles. The highest BCUT2D eigenvalue weighted by molar-refractivity contribution is 5.51. The Hall–Kier alpha value is -3.52. The van der Waals surface area contributed by atoms with Crippen LogP contribution >= 0.6 is 0 Å². The molecular weight excluding hydrogens is 617 g/mol. The van der Waals surface area contributed by atoms with Crippen LogP contribution in [0.3, 0.4) is 0 Å². The molecule has 0 saturated carbocycles. The second kappa shape index (κ2) is 22.4. The van der Waals surface area contributed by atoms with Crippen LogP contribution in [0.25, 0.3) is 0 Å². The Morgan fingerprint density at radius 1 is 0.314 bits per heavy atom. The van der Waals surface area contributed by atoms with Gasteiger partial charge >= 0.3 is 0 Å². The van der Waals surface area contributed by atoms with E-state index in [1.54, 1.807) is 0 Å². The van der Waals surface area contributed by atoms with Crippen molar-refractivity contribution in [3.05, 3.63) is 128 Å². The molecule has 0 spiro atoms. The number of benzene rings is 4. The van der Waals surface area contributed by atoms with Crippen LogP contribution < -0.4 is 11.5 Å². The Balaban J connectivity index is 0.895. The Labute approximate surface area is 312 Å². The fraction of sp³-hybridized carbons (Fsp3) is 0.510. The number of nitrogen functional groups attached to an aromatic ring is 2. The van der Waals surface area contributed by atoms with E-state index < -0.39 is 0 Å². The minimum absolute atomic E-state index is 0.865. The molecule has 276 valence electrons. The molecule has 0 aromatic heterocycles. The Morgan fingerprint density at radius 3 is 0.784 bits per heavy atom. The third kappa shape index (κ3) is 14.9. The molecule has 0 bridgehead atoms. The molecule has 0 unspecified atom stereocenters. The summed E-state index contributed by atoms with van der Waals surface area (Å²) in [7, 11) is 0. The molecule has 2 heteroatoms. The lowest BCUT2D eigenvalue weighted by atomic mass is 9.94. The van der Waals surface area contributed by atoms with Crippen LogP contribution in [0.2, 0.25) is 0 Å². The van der Waals surface area contributed by atoms with Gasteiger partial charge in [0, 0.05) is 11.4 Å². The summed E-state index contributed by atoms with van der Waals surface area (Å²) in [6.45, 7) is 8.69. The van der Waals surface area contributed by atoms with E-state index >= 15 is 0 Å². The van der Waals surface area contributed by atoms with Crippen molar-refractivity contribution in [2.24, 2.45) is 0 Å². The van der Waals surface area contributed by atoms with E-state index in [9.17, 15) is 0 Å². The van der Waals surface area contributed by atoms with E-state index in [0.29, 0.717) is 0 Å². The van der Waals surface area contributed by atoms with Gasteiger partial charge < -0.3 is 11.5 Å². The summed E-state index contributed by atoms with van der Waals surface area (Å²) >= 11 is 0. The zero-order valence-corrected chi connectivity index (χ0v) is 32.9. The Bertz CT molecular complexity index is 1400. The smallest absolute Gasteiger partial charge is 0.0319 e. The lowest BCUT2D eigenvalue weighted by Gasteiger charge is -2.12. The first-order chi connectivity index (χ1) is 24.8. The van der Waals surface area contributed by atoms with E-state index in [1.165, 1.54) is 178 Å². The van der Waals surface area contributed by atoms with Gasteiger partial charge in [0.05, 0.1) is 0 Å². The van der Waals surface area contributed by atoms with Gasteiger partial charge in [-0.1, -0.05) is 145 Å². The average Bonchev–Trinajstić information content (AvgIpc) is 3.10. The zero-order chi connectivity index (χ0) is 36.3. The molecule has 4 aromatic rings. The van der Waals surface area contributed by atoms with Gasteiger partial charge in [-0.05, 0) is 146 Å². The molecule has 4 aromatic carbocycles. The topological polar surface area (TPSA) is 52.0 Å². The van der Waals surface area contributed by atoms with Crippen molar-refractivity contribution in [1.29, 1.82) is 0 Å². The van der Waals surface area contributed by atoms with Gasteiger partial charge in [-0.15, -0.1) is 0 Å². The number of anilines is 2. The van der Waals surface area contributed by atoms with Crippen molar-refractivity contribution < 1.29 is 0 Å². The van der Waals surface area contributed by atoms with Crippen molar-refractivity contribution in [2.75, 3.05) is 11.5 Å². The highest BCUT2D eigenvalue weighted by atomic mass is 14.5. The largest absolute Gasteiger partial charge is 0.399 e. The van der Waals surface area contributed by atoms with Gasteiger partial charge in [-0.2, -0.15) is 0 Å². The first kappa shape index (κ1) is 40.3. The fourth-order valence-corrected chi connectivity index (χ4v) is 7.98. The summed E-state index contributed by atoms with van der Waals surface area (Å²) in [5.74, 6) is 0. The third-order valence-corrected chi connectivity index (χ3v) is 11.2. The average molecular weight is 687 g/mol. The van der Waals surface area contributed by atoms with E-state index in [1.807, 2.05) is 0 Å². The maximum absolute atomic E-state index is 6.01. The molecule has 0 amide bonds. The summed E-state index contributed by atoms with van der Waals surface area (Å²) in [5, 5.41) is 0. The number of hydrogen-bond donors (Lipinski definition) is 2. The standard InChI is InChI=1S/C49H70N2/c1-38-32-46(50)33-39(2)48(38)36-44-28-24-42(25-29-44)22-20-18-16-14-12-10-8-6-5-7-9-11-13-15-17-19-21-23-43-26-30-45(31-27-43)37-49-40(3)34-47(51)35-41(49)4/h24-35H,5-23,36-37,50-51H2,1-4H3. The van der Waals surface area contributed by atoms with Crippen LogP contribution in [0.15, 0.2) is 72.8 Å². The molecule has 0 aliphatic rings. The van der Waals surface area contributed by atoms with Gasteiger partial charge in [0.15, 0.2) is 0 Å². The van der Waals surface area contributed by atoms with Gasteiger partial charge in [0.1, 0.15) is 0 Å². The van der Waals surface area contributed by atoms with Crippen molar-refractivity contribution in [1.82, 2.24) is 0 Å². The maximum Gasteiger partial charge on any atom is 0.0319 e. The zero-order valence-electron chi connectivity index (χ0n) is 32.9. The van der Waals surface area contributed by atoms with Gasteiger partial charge in [-0.25, -0.2) is 0 Å². The molecule has 0 aliphatic heterocycles. The van der Waals surface area contributed by atoms with E-state index in [4.69, 9.17) is 11.5 Å². The summed E-state index contributed by atoms with van der Waals surface area (Å²) < 4.78 is 0. The highest BCUT2D eigenvalue weighted by Gasteiger charge is 2.07. The number of rotatable bonds is 24. The first-order valence-electron chi connectivity index (χ1n) is 20.7. The quantitative estimate of drug-likeness (QED) is 0.0569. The molecule has 51 heavy (non-hydrogen) atoms. The van der Waals surface area contributed by atoms with Crippen molar-refractivity contribution >= 4 is 11.4 Å². The summed E-state index contributed by atoms with van der Waals surface area (Å²) in [6, 6.07) is 27.0. The number of nitrogens with two attached hydrogens (primary N) is 2. The monoisotopic (exact) mass is 687 g/mol. The molecule has 0 fully saturated rings. The van der Waals surface area contributed by atoms with Crippen LogP contribution in [0, 0.1) is 27.7 Å². The predicted molar refractivity (Wildman–Crippen MR) is 225 cm³/mol. The fourth-order valence-electron chi connectivity index (χ4n) is 7.98. The summed E-state index contributed by atoms with van der Waals surface area (Å²) in [5.41, 5.74) is 27.5. The van der Waals surface area contributed by atoms with Crippen molar-refractivity contribution in [2.45, 2.75) is 163 Å². The molecular formula is C49H70N2. The highest BCUT2D eigenvalue weighted by Crippen LogP contribution is 2.24. The summed E-state index contributed by atoms with van der Waals surface area (Å²) in [6.07, 6.45) is 28.3. The Kier molecular flexibility index (Phi) is 17.7. The van der Waals surface area contributed by atoms with Crippen LogP contribution in [0.5, 0.6) is 0 Å². The maximum atomic E-state index is 6.01. The number of hydrogen-bond acceptors (Lipinski definition) is 2. The second-order valence-corrected chi connectivity index (χ2v) is 15.8. The lowest BCUT2D eigenvalue weighted by Crippen LogP contribution is -1.98. The molecule has 4 rings (SSSR count). The second-order valence-electron chi connectivity index (χ2n) is 15.8. The summed E-state index contributed by atoms with van der Waals surface area (Å²) in [4.78, 5) is 0. The molecule has 2 nitrogen and oxygen atoms in total. The SMILES string of the molecule is Cc1cc(N)cc(C)c1Cc1ccc(CCCCCCCCCCCCCCCCCCCc2ccc(Cc3c(C)cc(N)cc3C)cc2)cc1. The van der Waals surface area contributed by atoms with E-state index in [0.717, 1.165) is 24.2 Å². The van der Waals surface area contributed by atoms with Gasteiger partial charge in [0.25, 0.3) is 0 Å². The first-order valence-corrected chi connectivity index (χ1v) is 20.7. The van der Waals surface area contributed by atoms with Gasteiger partial charge in [-0.3, -0.25) is 0 Å².